The molecular formula is C25H42O6. The minimum absolute atomic E-state index is 0.0706. The normalized spacial score (nSPS) is 35.5. The van der Waals surface area contributed by atoms with Crippen LogP contribution in [0.4, 0.5) is 0 Å². The molecule has 0 aliphatic carbocycles. The zero-order valence-corrected chi connectivity index (χ0v) is 20.5. The van der Waals surface area contributed by atoms with E-state index in [1.54, 1.807) is 14.0 Å². The lowest BCUT2D eigenvalue weighted by molar-refractivity contribution is -0.163. The van der Waals surface area contributed by atoms with Crippen molar-refractivity contribution >= 4 is 5.97 Å². The Balaban J connectivity index is 1.90. The van der Waals surface area contributed by atoms with Gasteiger partial charge >= 0.3 is 5.97 Å². The van der Waals surface area contributed by atoms with Gasteiger partial charge in [-0.15, -0.1) is 0 Å². The van der Waals surface area contributed by atoms with Crippen molar-refractivity contribution in [3.63, 3.8) is 0 Å². The van der Waals surface area contributed by atoms with Gasteiger partial charge in [0.05, 0.1) is 37.1 Å². The Hall–Kier alpha value is -1.21. The van der Waals surface area contributed by atoms with E-state index in [9.17, 15) is 9.90 Å². The lowest BCUT2D eigenvalue weighted by Gasteiger charge is -2.34. The first-order valence-corrected chi connectivity index (χ1v) is 11.5. The third kappa shape index (κ3) is 6.64. The summed E-state index contributed by atoms with van der Waals surface area (Å²) < 4.78 is 22.4. The highest BCUT2D eigenvalue weighted by molar-refractivity contribution is 5.74. The molecule has 0 radical (unpaired) electrons. The number of methoxy groups -OCH3 is 2. The summed E-state index contributed by atoms with van der Waals surface area (Å²) in [6, 6.07) is 0. The summed E-state index contributed by atoms with van der Waals surface area (Å²) in [4.78, 5) is 11.8. The highest BCUT2D eigenvalue weighted by atomic mass is 16.6. The number of esters is 1. The predicted molar refractivity (Wildman–Crippen MR) is 121 cm³/mol. The van der Waals surface area contributed by atoms with Gasteiger partial charge in [-0.2, -0.15) is 0 Å². The third-order valence-corrected chi connectivity index (χ3v) is 6.83. The zero-order chi connectivity index (χ0) is 23.3. The second kappa shape index (κ2) is 11.1. The molecule has 2 aliphatic heterocycles. The minimum Gasteiger partial charge on any atom is -0.467 e. The molecule has 2 heterocycles. The molecule has 31 heavy (non-hydrogen) atoms. The summed E-state index contributed by atoms with van der Waals surface area (Å²) in [6.45, 7) is 12.4. The molecule has 9 atom stereocenters. The fourth-order valence-electron chi connectivity index (χ4n) is 5.11. The Labute approximate surface area is 188 Å². The highest BCUT2D eigenvalue weighted by Crippen LogP contribution is 2.47. The average molecular weight is 439 g/mol. The van der Waals surface area contributed by atoms with Crippen LogP contribution >= 0.6 is 0 Å². The van der Waals surface area contributed by atoms with Gasteiger partial charge in [0.2, 0.25) is 0 Å². The third-order valence-electron chi connectivity index (χ3n) is 6.83. The van der Waals surface area contributed by atoms with Gasteiger partial charge in [-0.25, -0.2) is 4.79 Å². The maximum absolute atomic E-state index is 11.8. The molecule has 0 spiro atoms. The van der Waals surface area contributed by atoms with Crippen molar-refractivity contribution in [1.29, 1.82) is 0 Å². The second-order valence-electron chi connectivity index (χ2n) is 9.75. The van der Waals surface area contributed by atoms with E-state index < -0.39 is 12.2 Å². The van der Waals surface area contributed by atoms with Crippen molar-refractivity contribution in [3.8, 4) is 0 Å². The number of carbonyl (C=O) groups is 1. The molecule has 0 unspecified atom stereocenters. The number of carbonyl (C=O) groups excluding carboxylic acids is 1. The largest absolute Gasteiger partial charge is 0.467 e. The maximum atomic E-state index is 11.8. The molecular weight excluding hydrogens is 396 g/mol. The van der Waals surface area contributed by atoms with Gasteiger partial charge in [0.15, 0.2) is 6.10 Å². The summed E-state index contributed by atoms with van der Waals surface area (Å²) in [6.07, 6.45) is 7.70. The second-order valence-corrected chi connectivity index (χ2v) is 9.75. The molecule has 0 bridgehead atoms. The molecule has 0 aromatic rings. The van der Waals surface area contributed by atoms with Crippen LogP contribution in [0.25, 0.3) is 0 Å². The Morgan fingerprint density at radius 1 is 1.26 bits per heavy atom. The van der Waals surface area contributed by atoms with Crippen LogP contribution in [0.5, 0.6) is 0 Å². The van der Waals surface area contributed by atoms with Crippen molar-refractivity contribution in [3.05, 3.63) is 23.8 Å². The highest BCUT2D eigenvalue weighted by Gasteiger charge is 2.56. The molecule has 2 aliphatic rings. The predicted octanol–water partition coefficient (Wildman–Crippen LogP) is 4.06. The van der Waals surface area contributed by atoms with E-state index in [-0.39, 0.29) is 35.8 Å². The van der Waals surface area contributed by atoms with Gasteiger partial charge in [0.25, 0.3) is 0 Å². The van der Waals surface area contributed by atoms with Gasteiger partial charge in [-0.05, 0) is 57.4 Å². The van der Waals surface area contributed by atoms with E-state index in [1.807, 2.05) is 0 Å². The molecule has 2 saturated heterocycles. The van der Waals surface area contributed by atoms with Crippen LogP contribution in [0.3, 0.4) is 0 Å². The fraction of sp³-hybridized carbons (Fsp3) is 0.800. The summed E-state index contributed by atoms with van der Waals surface area (Å²) in [5.41, 5.74) is 0.923. The Morgan fingerprint density at radius 2 is 1.94 bits per heavy atom. The van der Waals surface area contributed by atoms with E-state index in [4.69, 9.17) is 18.9 Å². The van der Waals surface area contributed by atoms with E-state index in [2.05, 4.69) is 52.8 Å². The summed E-state index contributed by atoms with van der Waals surface area (Å²) in [5, 5.41) is 9.93. The molecule has 178 valence electrons. The first kappa shape index (κ1) is 26.0. The van der Waals surface area contributed by atoms with Crippen molar-refractivity contribution < 1.29 is 28.8 Å². The van der Waals surface area contributed by atoms with Gasteiger partial charge < -0.3 is 24.1 Å². The number of allylic oxidation sites excluding steroid dienone is 3. The summed E-state index contributed by atoms with van der Waals surface area (Å²) in [5.74, 6) is 0.542. The quantitative estimate of drug-likeness (QED) is 0.315. The molecule has 0 aromatic heterocycles. The van der Waals surface area contributed by atoms with Crippen LogP contribution < -0.4 is 0 Å². The Kier molecular flexibility index (Phi) is 9.31. The van der Waals surface area contributed by atoms with Crippen molar-refractivity contribution in [2.45, 2.75) is 96.9 Å². The number of aliphatic hydroxyl groups is 1. The molecule has 6 heteroatoms. The average Bonchev–Trinajstić information content (AvgIpc) is 3.38. The molecule has 0 amide bonds. The van der Waals surface area contributed by atoms with Crippen LogP contribution in [-0.2, 0) is 23.7 Å². The lowest BCUT2D eigenvalue weighted by atomic mass is 9.85. The maximum Gasteiger partial charge on any atom is 0.335 e. The molecule has 1 N–H and O–H groups in total. The molecule has 6 nitrogen and oxygen atoms in total. The van der Waals surface area contributed by atoms with Crippen molar-refractivity contribution in [1.82, 2.24) is 0 Å². The number of hydrogen-bond donors (Lipinski definition) is 1. The topological polar surface area (TPSA) is 77.5 Å². The van der Waals surface area contributed by atoms with Gasteiger partial charge in [0.1, 0.15) is 0 Å². The minimum atomic E-state index is -0.526. The SMILES string of the molecule is COC(=O)[C@H]1CC[C@H](C)[C@@H](/C(C)=C/C=C/[C@@H](C)C[C@@]2(C)O[C@@H]2[C@H](C)[C@@H](OC)[C@H](C)O)O1. The Morgan fingerprint density at radius 3 is 2.52 bits per heavy atom. The van der Waals surface area contributed by atoms with Crippen LogP contribution in [0.1, 0.15) is 60.8 Å². The zero-order valence-electron chi connectivity index (χ0n) is 20.5. The van der Waals surface area contributed by atoms with Gasteiger partial charge in [-0.3, -0.25) is 0 Å². The molecule has 0 saturated carbocycles. The van der Waals surface area contributed by atoms with Crippen LogP contribution in [-0.4, -0.2) is 61.4 Å². The fourth-order valence-corrected chi connectivity index (χ4v) is 5.11. The van der Waals surface area contributed by atoms with Crippen molar-refractivity contribution in [2.24, 2.45) is 17.8 Å². The lowest BCUT2D eigenvalue weighted by Crippen LogP contribution is -2.39. The van der Waals surface area contributed by atoms with Crippen molar-refractivity contribution in [2.75, 3.05) is 14.2 Å². The standard InChI is InChI=1S/C25H42O6/c1-15(14-25(6)23(31-25)18(4)22(28-7)19(5)26)10-9-11-16(2)21-17(3)12-13-20(30-21)24(27)29-8/h9-11,15,17-23,26H,12-14H2,1-8H3/b10-9+,16-11+/t15-,17+,18-,19+,20-,21-,22-,23-,25-/m1/s1. The first-order valence-electron chi connectivity index (χ1n) is 11.5. The smallest absolute Gasteiger partial charge is 0.335 e. The number of epoxide rings is 1. The number of rotatable bonds is 10. The van der Waals surface area contributed by atoms with Crippen LogP contribution in [0, 0.1) is 17.8 Å². The monoisotopic (exact) mass is 438 g/mol. The van der Waals surface area contributed by atoms with Gasteiger partial charge in [0, 0.05) is 13.0 Å². The summed E-state index contributed by atoms with van der Waals surface area (Å²) in [7, 11) is 3.04. The van der Waals surface area contributed by atoms with E-state index in [0.717, 1.165) is 18.4 Å². The van der Waals surface area contributed by atoms with Crippen LogP contribution in [0.2, 0.25) is 0 Å². The van der Waals surface area contributed by atoms with E-state index >= 15 is 0 Å². The molecule has 0 aromatic carbocycles. The van der Waals surface area contributed by atoms with Gasteiger partial charge in [-0.1, -0.05) is 39.0 Å². The summed E-state index contributed by atoms with van der Waals surface area (Å²) >= 11 is 0. The van der Waals surface area contributed by atoms with E-state index in [1.165, 1.54) is 7.11 Å². The Bertz CT molecular complexity index is 656. The molecule has 2 rings (SSSR count). The molecule has 2 fully saturated rings. The number of ether oxygens (including phenoxy) is 4. The first-order chi connectivity index (χ1) is 14.5. The van der Waals surface area contributed by atoms with E-state index in [0.29, 0.717) is 18.3 Å². The van der Waals surface area contributed by atoms with Crippen LogP contribution in [0.15, 0.2) is 23.8 Å². The number of hydrogen-bond acceptors (Lipinski definition) is 6. The number of aliphatic hydroxyl groups excluding tert-OH is 1.